The van der Waals surface area contributed by atoms with Crippen LogP contribution in [0.1, 0.15) is 31.9 Å². The quantitative estimate of drug-likeness (QED) is 0.760. The second-order valence-electron chi connectivity index (χ2n) is 8.57. The Morgan fingerprint density at radius 2 is 1.63 bits per heavy atom. The average Bonchev–Trinajstić information content (AvgIpc) is 2.69. The molecule has 162 valence electrons. The van der Waals surface area contributed by atoms with Crippen LogP contribution in [0.25, 0.3) is 11.3 Å². The number of hydrazine groups is 1. The maximum absolute atomic E-state index is 13.2. The number of halogens is 1. The third-order valence-corrected chi connectivity index (χ3v) is 5.25. The van der Waals surface area contributed by atoms with Gasteiger partial charge in [0.1, 0.15) is 11.4 Å². The maximum Gasteiger partial charge on any atom is 0.424 e. The molecular weight excluding hydrogens is 385 g/mol. The second-order valence-corrected chi connectivity index (χ2v) is 8.57. The van der Waals surface area contributed by atoms with Gasteiger partial charge in [-0.3, -0.25) is 0 Å². The SMILES string of the molecule is Cc1c(-c2ccc(F)cc2)nnc(N2CCN(N(C)C(=O)OC(C)(C)C)CC2)c1C. The lowest BCUT2D eigenvalue weighted by molar-refractivity contribution is -0.0396. The molecule has 1 amide bonds. The zero-order valence-corrected chi connectivity index (χ0v) is 18.6. The Labute approximate surface area is 177 Å². The number of anilines is 1. The van der Waals surface area contributed by atoms with E-state index in [9.17, 15) is 9.18 Å². The molecule has 0 spiro atoms. The van der Waals surface area contributed by atoms with E-state index in [1.165, 1.54) is 12.1 Å². The fourth-order valence-corrected chi connectivity index (χ4v) is 3.43. The number of nitrogens with zero attached hydrogens (tertiary/aromatic N) is 5. The van der Waals surface area contributed by atoms with Crippen LogP contribution < -0.4 is 4.90 Å². The van der Waals surface area contributed by atoms with Crippen LogP contribution in [0.3, 0.4) is 0 Å². The molecule has 0 aliphatic carbocycles. The van der Waals surface area contributed by atoms with Crippen LogP contribution in [-0.4, -0.2) is 65.1 Å². The molecule has 0 unspecified atom stereocenters. The highest BCUT2D eigenvalue weighted by atomic mass is 19.1. The summed E-state index contributed by atoms with van der Waals surface area (Å²) in [5, 5.41) is 12.4. The molecule has 7 nitrogen and oxygen atoms in total. The van der Waals surface area contributed by atoms with E-state index in [4.69, 9.17) is 4.74 Å². The summed E-state index contributed by atoms with van der Waals surface area (Å²) in [6, 6.07) is 6.30. The van der Waals surface area contributed by atoms with Crippen molar-refractivity contribution in [3.05, 3.63) is 41.2 Å². The number of rotatable bonds is 3. The van der Waals surface area contributed by atoms with Gasteiger partial charge < -0.3 is 9.64 Å². The molecule has 1 aromatic heterocycles. The molecule has 1 aliphatic rings. The molecule has 0 N–H and O–H groups in total. The van der Waals surface area contributed by atoms with Gasteiger partial charge in [-0.15, -0.1) is 10.2 Å². The van der Waals surface area contributed by atoms with E-state index in [0.717, 1.165) is 41.3 Å². The van der Waals surface area contributed by atoms with Gasteiger partial charge in [0.15, 0.2) is 5.82 Å². The first-order valence-electron chi connectivity index (χ1n) is 10.1. The van der Waals surface area contributed by atoms with Crippen molar-refractivity contribution in [2.45, 2.75) is 40.2 Å². The molecule has 1 saturated heterocycles. The summed E-state index contributed by atoms with van der Waals surface area (Å²) in [4.78, 5) is 14.5. The smallest absolute Gasteiger partial charge is 0.424 e. The summed E-state index contributed by atoms with van der Waals surface area (Å²) in [6.45, 7) is 12.4. The van der Waals surface area contributed by atoms with Crippen molar-refractivity contribution in [1.82, 2.24) is 20.2 Å². The van der Waals surface area contributed by atoms with Gasteiger partial charge in [-0.25, -0.2) is 19.2 Å². The number of amides is 1. The van der Waals surface area contributed by atoms with E-state index < -0.39 is 5.60 Å². The molecule has 1 aliphatic heterocycles. The number of aromatic nitrogens is 2. The maximum atomic E-state index is 13.2. The van der Waals surface area contributed by atoms with Crippen LogP contribution >= 0.6 is 0 Å². The lowest BCUT2D eigenvalue weighted by Crippen LogP contribution is -2.55. The summed E-state index contributed by atoms with van der Waals surface area (Å²) in [7, 11) is 1.73. The molecule has 0 saturated carbocycles. The number of piperazine rings is 1. The third-order valence-electron chi connectivity index (χ3n) is 5.25. The van der Waals surface area contributed by atoms with Crippen molar-refractivity contribution in [1.29, 1.82) is 0 Å². The van der Waals surface area contributed by atoms with Gasteiger partial charge in [0.25, 0.3) is 0 Å². The topological polar surface area (TPSA) is 61.8 Å². The van der Waals surface area contributed by atoms with Crippen molar-refractivity contribution >= 4 is 11.9 Å². The van der Waals surface area contributed by atoms with Gasteiger partial charge in [0.2, 0.25) is 0 Å². The largest absolute Gasteiger partial charge is 0.443 e. The molecule has 30 heavy (non-hydrogen) atoms. The lowest BCUT2D eigenvalue weighted by atomic mass is 10.0. The van der Waals surface area contributed by atoms with Gasteiger partial charge in [0.05, 0.1) is 5.69 Å². The monoisotopic (exact) mass is 415 g/mol. The Morgan fingerprint density at radius 3 is 2.20 bits per heavy atom. The minimum Gasteiger partial charge on any atom is -0.443 e. The normalized spacial score (nSPS) is 15.2. The van der Waals surface area contributed by atoms with Crippen LogP contribution in [0, 0.1) is 19.7 Å². The van der Waals surface area contributed by atoms with Crippen molar-refractivity contribution in [2.75, 3.05) is 38.1 Å². The Bertz CT molecular complexity index is 903. The Kier molecular flexibility index (Phi) is 6.26. The number of carbonyl (C=O) groups is 1. The first-order valence-corrected chi connectivity index (χ1v) is 10.1. The molecule has 8 heteroatoms. The van der Waals surface area contributed by atoms with Crippen LogP contribution in [0.2, 0.25) is 0 Å². The van der Waals surface area contributed by atoms with Crippen LogP contribution in [0.4, 0.5) is 15.0 Å². The second kappa shape index (κ2) is 8.55. The summed E-state index contributed by atoms with van der Waals surface area (Å²) in [5.41, 5.74) is 3.17. The minimum atomic E-state index is -0.524. The molecule has 1 fully saturated rings. The number of carbonyl (C=O) groups excluding carboxylic acids is 1. The zero-order chi connectivity index (χ0) is 22.1. The van der Waals surface area contributed by atoms with E-state index >= 15 is 0 Å². The summed E-state index contributed by atoms with van der Waals surface area (Å²) in [5.74, 6) is 0.574. The fourth-order valence-electron chi connectivity index (χ4n) is 3.43. The molecule has 2 heterocycles. The first-order chi connectivity index (χ1) is 14.1. The van der Waals surface area contributed by atoms with Crippen molar-refractivity contribution in [3.63, 3.8) is 0 Å². The summed E-state index contributed by atoms with van der Waals surface area (Å²) in [6.07, 6.45) is -0.355. The van der Waals surface area contributed by atoms with Gasteiger partial charge in [0, 0.05) is 38.8 Å². The predicted molar refractivity (Wildman–Crippen MR) is 115 cm³/mol. The Hall–Kier alpha value is -2.74. The highest BCUT2D eigenvalue weighted by Crippen LogP contribution is 2.28. The summed E-state index contributed by atoms with van der Waals surface area (Å²) >= 11 is 0. The molecule has 2 aromatic rings. The van der Waals surface area contributed by atoms with Crippen LogP contribution in [0.5, 0.6) is 0 Å². The van der Waals surface area contributed by atoms with Gasteiger partial charge in [-0.05, 0) is 70.0 Å². The van der Waals surface area contributed by atoms with E-state index in [1.54, 1.807) is 24.2 Å². The van der Waals surface area contributed by atoms with Gasteiger partial charge >= 0.3 is 6.09 Å². The number of hydrogen-bond donors (Lipinski definition) is 0. The highest BCUT2D eigenvalue weighted by Gasteiger charge is 2.28. The third kappa shape index (κ3) is 4.87. The number of hydrogen-bond acceptors (Lipinski definition) is 6. The molecule has 0 atom stereocenters. The molecule has 0 radical (unpaired) electrons. The average molecular weight is 416 g/mol. The number of benzene rings is 1. The minimum absolute atomic E-state index is 0.271. The highest BCUT2D eigenvalue weighted by molar-refractivity contribution is 5.68. The summed E-state index contributed by atoms with van der Waals surface area (Å²) < 4.78 is 18.7. The molecule has 1 aromatic carbocycles. The van der Waals surface area contributed by atoms with E-state index in [2.05, 4.69) is 15.1 Å². The van der Waals surface area contributed by atoms with E-state index in [1.807, 2.05) is 39.6 Å². The van der Waals surface area contributed by atoms with Crippen molar-refractivity contribution in [3.8, 4) is 11.3 Å². The number of ether oxygens (including phenoxy) is 1. The molecule has 0 bridgehead atoms. The van der Waals surface area contributed by atoms with Crippen LogP contribution in [-0.2, 0) is 4.74 Å². The van der Waals surface area contributed by atoms with Crippen molar-refractivity contribution in [2.24, 2.45) is 0 Å². The lowest BCUT2D eigenvalue weighted by Gasteiger charge is -2.40. The van der Waals surface area contributed by atoms with E-state index in [-0.39, 0.29) is 11.9 Å². The Morgan fingerprint density at radius 1 is 1.03 bits per heavy atom. The standard InChI is InChI=1S/C22H30FN5O2/c1-15-16(2)20(25-24-19(15)17-7-9-18(23)10-8-17)27-11-13-28(14-12-27)26(6)21(29)30-22(3,4)5/h7-10H,11-14H2,1-6H3. The van der Waals surface area contributed by atoms with E-state index in [0.29, 0.717) is 13.1 Å². The molecule has 3 rings (SSSR count). The fraction of sp³-hybridized carbons (Fsp3) is 0.500. The van der Waals surface area contributed by atoms with Crippen molar-refractivity contribution < 1.29 is 13.9 Å². The zero-order valence-electron chi connectivity index (χ0n) is 18.6. The van der Waals surface area contributed by atoms with Gasteiger partial charge in [-0.1, -0.05) is 0 Å². The Balaban J connectivity index is 1.69. The first kappa shape index (κ1) is 22.0. The van der Waals surface area contributed by atoms with Gasteiger partial charge in [-0.2, -0.15) is 0 Å². The van der Waals surface area contributed by atoms with Crippen LogP contribution in [0.15, 0.2) is 24.3 Å². The molecular formula is C22H30FN5O2. The predicted octanol–water partition coefficient (Wildman–Crippen LogP) is 3.80.